The largest absolute Gasteiger partial charge is 0.383 e. The number of hydrogen-bond acceptors (Lipinski definition) is 4. The van der Waals surface area contributed by atoms with Crippen LogP contribution in [-0.2, 0) is 9.53 Å². The van der Waals surface area contributed by atoms with Crippen molar-refractivity contribution < 1.29 is 9.53 Å². The average Bonchev–Trinajstić information content (AvgIpc) is 2.33. The molecule has 5 heteroatoms. The van der Waals surface area contributed by atoms with E-state index in [-0.39, 0.29) is 11.9 Å². The van der Waals surface area contributed by atoms with Crippen LogP contribution in [0.2, 0.25) is 0 Å². The van der Waals surface area contributed by atoms with Crippen LogP contribution in [0, 0.1) is 0 Å². The predicted molar refractivity (Wildman–Crippen MR) is 79.3 cm³/mol. The normalized spacial score (nSPS) is 13.3. The number of ether oxygens (including phenoxy) is 1. The third kappa shape index (κ3) is 8.18. The summed E-state index contributed by atoms with van der Waals surface area (Å²) in [5, 5.41) is 6.08. The topological polar surface area (TPSA) is 53.6 Å². The highest BCUT2D eigenvalue weighted by atomic mass is 16.5. The zero-order chi connectivity index (χ0) is 14.8. The van der Waals surface area contributed by atoms with Crippen LogP contribution in [0.3, 0.4) is 0 Å². The van der Waals surface area contributed by atoms with Crippen LogP contribution >= 0.6 is 0 Å². The second kappa shape index (κ2) is 10.2. The van der Waals surface area contributed by atoms with Crippen molar-refractivity contribution in [3.8, 4) is 0 Å². The molecule has 1 unspecified atom stereocenters. The van der Waals surface area contributed by atoms with Gasteiger partial charge < -0.3 is 15.4 Å². The van der Waals surface area contributed by atoms with Crippen LogP contribution in [0.15, 0.2) is 0 Å². The molecule has 0 aliphatic heterocycles. The summed E-state index contributed by atoms with van der Waals surface area (Å²) in [6.07, 6.45) is 0. The molecule has 0 saturated heterocycles. The maximum absolute atomic E-state index is 11.7. The molecule has 1 amide bonds. The van der Waals surface area contributed by atoms with Gasteiger partial charge in [0.05, 0.1) is 12.6 Å². The van der Waals surface area contributed by atoms with Crippen molar-refractivity contribution in [1.82, 2.24) is 15.5 Å². The second-order valence-electron chi connectivity index (χ2n) is 5.38. The fourth-order valence-electron chi connectivity index (χ4n) is 2.04. The van der Waals surface area contributed by atoms with Gasteiger partial charge in [-0.25, -0.2) is 0 Å². The maximum Gasteiger partial charge on any atom is 0.236 e. The van der Waals surface area contributed by atoms with Crippen molar-refractivity contribution in [3.05, 3.63) is 0 Å². The van der Waals surface area contributed by atoms with E-state index in [1.54, 1.807) is 7.11 Å². The lowest BCUT2D eigenvalue weighted by Gasteiger charge is -2.30. The quantitative estimate of drug-likeness (QED) is 0.579. The summed E-state index contributed by atoms with van der Waals surface area (Å²) >= 11 is 0. The number of carbonyl (C=O) groups is 1. The molecule has 0 bridgehead atoms. The number of rotatable bonds is 10. The minimum Gasteiger partial charge on any atom is -0.383 e. The van der Waals surface area contributed by atoms with E-state index in [0.29, 0.717) is 25.2 Å². The number of nitrogens with zero attached hydrogens (tertiary/aromatic N) is 1. The van der Waals surface area contributed by atoms with E-state index in [0.717, 1.165) is 13.1 Å². The smallest absolute Gasteiger partial charge is 0.236 e. The molecule has 0 aliphatic rings. The van der Waals surface area contributed by atoms with Gasteiger partial charge in [-0.05, 0) is 34.6 Å². The summed E-state index contributed by atoms with van der Waals surface area (Å²) in [4.78, 5) is 14.1. The Bertz CT molecular complexity index is 237. The van der Waals surface area contributed by atoms with E-state index in [4.69, 9.17) is 4.74 Å². The number of nitrogens with one attached hydrogen (secondary N) is 2. The highest BCUT2D eigenvalue weighted by Gasteiger charge is 2.15. The molecule has 114 valence electrons. The SMILES string of the molecule is COCCNC(=O)C(C)NCCN(C(C)C)C(C)C. The first-order chi connectivity index (χ1) is 8.90. The van der Waals surface area contributed by atoms with Crippen molar-refractivity contribution >= 4 is 5.91 Å². The zero-order valence-electron chi connectivity index (χ0n) is 13.3. The Balaban J connectivity index is 3.88. The summed E-state index contributed by atoms with van der Waals surface area (Å²) in [7, 11) is 1.63. The number of carbonyl (C=O) groups excluding carboxylic acids is 1. The van der Waals surface area contributed by atoms with Crippen molar-refractivity contribution in [1.29, 1.82) is 0 Å². The van der Waals surface area contributed by atoms with Gasteiger partial charge in [-0.15, -0.1) is 0 Å². The Kier molecular flexibility index (Phi) is 9.83. The van der Waals surface area contributed by atoms with Crippen molar-refractivity contribution in [2.24, 2.45) is 0 Å². The molecule has 2 N–H and O–H groups in total. The monoisotopic (exact) mass is 273 g/mol. The third-order valence-electron chi connectivity index (χ3n) is 3.15. The van der Waals surface area contributed by atoms with Gasteiger partial charge in [0, 0.05) is 38.8 Å². The molecule has 5 nitrogen and oxygen atoms in total. The average molecular weight is 273 g/mol. The first kappa shape index (κ1) is 18.4. The molecule has 0 spiro atoms. The fraction of sp³-hybridized carbons (Fsp3) is 0.929. The Morgan fingerprint density at radius 1 is 1.11 bits per heavy atom. The zero-order valence-corrected chi connectivity index (χ0v) is 13.3. The minimum absolute atomic E-state index is 0.0256. The van der Waals surface area contributed by atoms with Crippen molar-refractivity contribution in [2.45, 2.75) is 52.7 Å². The lowest BCUT2D eigenvalue weighted by molar-refractivity contribution is -0.122. The molecule has 0 aromatic rings. The third-order valence-corrected chi connectivity index (χ3v) is 3.15. The van der Waals surface area contributed by atoms with Gasteiger partial charge in [-0.1, -0.05) is 0 Å². The Labute approximate surface area is 118 Å². The van der Waals surface area contributed by atoms with Crippen molar-refractivity contribution in [3.63, 3.8) is 0 Å². The van der Waals surface area contributed by atoms with E-state index in [9.17, 15) is 4.79 Å². The second-order valence-corrected chi connectivity index (χ2v) is 5.38. The molecular formula is C14H31N3O2. The Morgan fingerprint density at radius 2 is 1.68 bits per heavy atom. The fourth-order valence-corrected chi connectivity index (χ4v) is 2.04. The summed E-state index contributed by atoms with van der Waals surface area (Å²) < 4.78 is 4.90. The van der Waals surface area contributed by atoms with E-state index in [2.05, 4.69) is 43.2 Å². The van der Waals surface area contributed by atoms with Crippen LogP contribution in [0.25, 0.3) is 0 Å². The summed E-state index contributed by atoms with van der Waals surface area (Å²) in [6.45, 7) is 13.5. The Hall–Kier alpha value is -0.650. The van der Waals surface area contributed by atoms with Gasteiger partial charge in [0.25, 0.3) is 0 Å². The molecule has 0 aliphatic carbocycles. The van der Waals surface area contributed by atoms with Gasteiger partial charge in [0.1, 0.15) is 0 Å². The van der Waals surface area contributed by atoms with Gasteiger partial charge >= 0.3 is 0 Å². The predicted octanol–water partition coefficient (Wildman–Crippen LogP) is 0.846. The molecule has 0 fully saturated rings. The first-order valence-corrected chi connectivity index (χ1v) is 7.15. The van der Waals surface area contributed by atoms with Crippen LogP contribution in [0.5, 0.6) is 0 Å². The lowest BCUT2D eigenvalue weighted by atomic mass is 10.2. The molecule has 0 aromatic carbocycles. The van der Waals surface area contributed by atoms with Crippen LogP contribution < -0.4 is 10.6 Å². The van der Waals surface area contributed by atoms with E-state index in [1.165, 1.54) is 0 Å². The van der Waals surface area contributed by atoms with Gasteiger partial charge in [-0.3, -0.25) is 9.69 Å². The summed E-state index contributed by atoms with van der Waals surface area (Å²) in [5.74, 6) is 0.0256. The maximum atomic E-state index is 11.7. The van der Waals surface area contributed by atoms with Crippen LogP contribution in [0.1, 0.15) is 34.6 Å². The van der Waals surface area contributed by atoms with Crippen LogP contribution in [-0.4, -0.2) is 62.3 Å². The molecule has 0 heterocycles. The van der Waals surface area contributed by atoms with Gasteiger partial charge in [-0.2, -0.15) is 0 Å². The summed E-state index contributed by atoms with van der Waals surface area (Å²) in [6, 6.07) is 0.873. The first-order valence-electron chi connectivity index (χ1n) is 7.15. The molecule has 1 atom stereocenters. The van der Waals surface area contributed by atoms with Gasteiger partial charge in [0.15, 0.2) is 0 Å². The van der Waals surface area contributed by atoms with E-state index < -0.39 is 0 Å². The lowest BCUT2D eigenvalue weighted by Crippen LogP contribution is -2.47. The standard InChI is InChI=1S/C14H31N3O2/c1-11(2)17(12(3)4)9-7-15-13(5)14(18)16-8-10-19-6/h11-13,15H,7-10H2,1-6H3,(H,16,18). The molecule has 0 rings (SSSR count). The van der Waals surface area contributed by atoms with Crippen LogP contribution in [0.4, 0.5) is 0 Å². The molecule has 0 saturated carbocycles. The van der Waals surface area contributed by atoms with Gasteiger partial charge in [0.2, 0.25) is 5.91 Å². The number of hydrogen-bond donors (Lipinski definition) is 2. The number of methoxy groups -OCH3 is 1. The minimum atomic E-state index is -0.168. The Morgan fingerprint density at radius 3 is 2.16 bits per heavy atom. The molecule has 19 heavy (non-hydrogen) atoms. The number of amides is 1. The highest BCUT2D eigenvalue weighted by molar-refractivity contribution is 5.81. The molecule has 0 aromatic heterocycles. The van der Waals surface area contributed by atoms with Crippen molar-refractivity contribution in [2.75, 3.05) is 33.4 Å². The highest BCUT2D eigenvalue weighted by Crippen LogP contribution is 2.03. The molecular weight excluding hydrogens is 242 g/mol. The van der Waals surface area contributed by atoms with E-state index >= 15 is 0 Å². The molecule has 0 radical (unpaired) electrons. The summed E-state index contributed by atoms with van der Waals surface area (Å²) in [5.41, 5.74) is 0. The van der Waals surface area contributed by atoms with E-state index in [1.807, 2.05) is 6.92 Å².